The number of piperidine rings is 3. The fraction of sp³-hybridized carbons (Fsp3) is 0.481. The molecule has 174 valence electrons. The number of hydrogen-bond donors (Lipinski definition) is 2. The molecule has 2 aromatic carbocycles. The molecule has 2 atom stereocenters. The summed E-state index contributed by atoms with van der Waals surface area (Å²) >= 11 is 0. The maximum Gasteiger partial charge on any atom is 0.261 e. The molecule has 3 saturated heterocycles. The second-order valence-corrected chi connectivity index (χ2v) is 10.0. The number of fused-ring (bicyclic) bond motifs is 4. The molecule has 0 aliphatic carbocycles. The summed E-state index contributed by atoms with van der Waals surface area (Å²) in [4.78, 5) is 28.1. The van der Waals surface area contributed by atoms with Crippen molar-refractivity contribution >= 4 is 11.8 Å². The molecule has 6 heteroatoms. The van der Waals surface area contributed by atoms with Crippen LogP contribution in [-0.4, -0.2) is 55.0 Å². The molecule has 33 heavy (non-hydrogen) atoms. The minimum absolute atomic E-state index is 0.0160. The summed E-state index contributed by atoms with van der Waals surface area (Å²) < 4.78 is 6.23. The van der Waals surface area contributed by atoms with Crippen molar-refractivity contribution in [1.82, 2.24) is 15.5 Å². The number of nitrogens with one attached hydrogen (secondary N) is 2. The van der Waals surface area contributed by atoms with Gasteiger partial charge in [-0.2, -0.15) is 0 Å². The molecule has 6 nitrogen and oxygen atoms in total. The molecule has 4 heterocycles. The number of hydrogen-bond acceptors (Lipinski definition) is 4. The number of rotatable bonds is 6. The summed E-state index contributed by atoms with van der Waals surface area (Å²) in [7, 11) is 0. The molecule has 0 saturated carbocycles. The highest BCUT2D eigenvalue weighted by Crippen LogP contribution is 2.39. The van der Waals surface area contributed by atoms with Gasteiger partial charge in [0.1, 0.15) is 5.75 Å². The Kier molecular flexibility index (Phi) is 6.11. The third kappa shape index (κ3) is 4.62. The van der Waals surface area contributed by atoms with Gasteiger partial charge in [0.05, 0.1) is 0 Å². The van der Waals surface area contributed by atoms with E-state index in [2.05, 4.69) is 29.4 Å². The molecular weight excluding hydrogens is 414 g/mol. The summed E-state index contributed by atoms with van der Waals surface area (Å²) in [5, 5.41) is 6.25. The Hall–Kier alpha value is -2.86. The minimum atomic E-state index is -0.505. The van der Waals surface area contributed by atoms with Crippen LogP contribution in [0.4, 0.5) is 0 Å². The van der Waals surface area contributed by atoms with E-state index in [0.717, 1.165) is 42.1 Å². The number of para-hydroxylation sites is 1. The van der Waals surface area contributed by atoms with Gasteiger partial charge in [-0.1, -0.05) is 44.2 Å². The molecule has 4 aliphatic rings. The Bertz CT molecular complexity index is 1040. The predicted octanol–water partition coefficient (Wildman–Crippen LogP) is 3.25. The van der Waals surface area contributed by atoms with E-state index in [0.29, 0.717) is 30.4 Å². The normalized spacial score (nSPS) is 25.4. The predicted molar refractivity (Wildman–Crippen MR) is 128 cm³/mol. The van der Waals surface area contributed by atoms with Crippen LogP contribution in [0.3, 0.4) is 0 Å². The first-order chi connectivity index (χ1) is 16.0. The van der Waals surface area contributed by atoms with Crippen molar-refractivity contribution in [2.75, 3.05) is 26.2 Å². The molecule has 3 fully saturated rings. The van der Waals surface area contributed by atoms with Crippen molar-refractivity contribution in [1.29, 1.82) is 0 Å². The van der Waals surface area contributed by atoms with Crippen LogP contribution in [0, 0.1) is 11.8 Å². The number of carbonyl (C=O) groups excluding carboxylic acids is 2. The van der Waals surface area contributed by atoms with Crippen molar-refractivity contribution < 1.29 is 14.3 Å². The Labute approximate surface area is 195 Å². The zero-order valence-corrected chi connectivity index (χ0v) is 19.5. The minimum Gasteiger partial charge on any atom is -0.479 e. The molecule has 4 aliphatic heterocycles. The number of nitrogens with zero attached hydrogens (tertiary/aromatic N) is 1. The highest BCUT2D eigenvalue weighted by atomic mass is 16.5. The SMILES string of the molecule is CC(C)CNC(=O)c1cccc(-c2cccc3c2OC(C(=O)N[C@H]2CN4CCC2CC4)C3)c1. The van der Waals surface area contributed by atoms with Crippen molar-refractivity contribution in [2.24, 2.45) is 11.8 Å². The largest absolute Gasteiger partial charge is 0.479 e. The molecule has 2 aromatic rings. The van der Waals surface area contributed by atoms with Crippen LogP contribution in [0.25, 0.3) is 11.1 Å². The summed E-state index contributed by atoms with van der Waals surface area (Å²) in [6.07, 6.45) is 2.41. The topological polar surface area (TPSA) is 70.7 Å². The van der Waals surface area contributed by atoms with Gasteiger partial charge < -0.3 is 20.3 Å². The van der Waals surface area contributed by atoms with Crippen LogP contribution in [0.15, 0.2) is 42.5 Å². The zero-order valence-electron chi connectivity index (χ0n) is 19.5. The lowest BCUT2D eigenvalue weighted by Crippen LogP contribution is -2.58. The highest BCUT2D eigenvalue weighted by molar-refractivity contribution is 5.95. The Balaban J connectivity index is 1.30. The lowest BCUT2D eigenvalue weighted by Gasteiger charge is -2.45. The van der Waals surface area contributed by atoms with E-state index in [1.165, 1.54) is 12.8 Å². The number of carbonyl (C=O) groups is 2. The second-order valence-electron chi connectivity index (χ2n) is 10.0. The van der Waals surface area contributed by atoms with Crippen LogP contribution in [0.1, 0.15) is 42.6 Å². The summed E-state index contributed by atoms with van der Waals surface area (Å²) in [5.41, 5.74) is 3.50. The van der Waals surface area contributed by atoms with Crippen molar-refractivity contribution in [3.05, 3.63) is 53.6 Å². The molecule has 2 N–H and O–H groups in total. The summed E-state index contributed by atoms with van der Waals surface area (Å²) in [6, 6.07) is 13.9. The van der Waals surface area contributed by atoms with E-state index in [1.807, 2.05) is 42.5 Å². The van der Waals surface area contributed by atoms with Crippen molar-refractivity contribution in [3.63, 3.8) is 0 Å². The quantitative estimate of drug-likeness (QED) is 0.713. The molecule has 2 amide bonds. The molecule has 6 rings (SSSR count). The Morgan fingerprint density at radius 1 is 1.12 bits per heavy atom. The van der Waals surface area contributed by atoms with Crippen LogP contribution in [0.2, 0.25) is 0 Å². The number of amides is 2. The number of benzene rings is 2. The Morgan fingerprint density at radius 2 is 1.91 bits per heavy atom. The monoisotopic (exact) mass is 447 g/mol. The molecule has 2 bridgehead atoms. The van der Waals surface area contributed by atoms with Gasteiger partial charge in [-0.05, 0) is 61.0 Å². The van der Waals surface area contributed by atoms with E-state index in [9.17, 15) is 9.59 Å². The third-order valence-electron chi connectivity index (χ3n) is 7.14. The van der Waals surface area contributed by atoms with Gasteiger partial charge in [-0.15, -0.1) is 0 Å². The maximum absolute atomic E-state index is 13.1. The molecule has 0 radical (unpaired) electrons. The average Bonchev–Trinajstić information content (AvgIpc) is 3.28. The maximum atomic E-state index is 13.1. The lowest BCUT2D eigenvalue weighted by molar-refractivity contribution is -0.129. The van der Waals surface area contributed by atoms with Gasteiger partial charge in [0.15, 0.2) is 6.10 Å². The Morgan fingerprint density at radius 3 is 2.64 bits per heavy atom. The molecule has 1 unspecified atom stereocenters. The first-order valence-corrected chi connectivity index (χ1v) is 12.2. The van der Waals surface area contributed by atoms with E-state index < -0.39 is 6.10 Å². The lowest BCUT2D eigenvalue weighted by atomic mass is 9.84. The first-order valence-electron chi connectivity index (χ1n) is 12.2. The standard InChI is InChI=1S/C27H33N3O3/c1-17(2)15-28-26(31)21-7-3-5-19(13-21)22-8-4-6-20-14-24(33-25(20)22)27(32)29-23-16-30-11-9-18(23)10-12-30/h3-8,13,17-18,23-24H,9-12,14-16H2,1-2H3,(H,28,31)(H,29,32)/t23-,24?/m0/s1. The first kappa shape index (κ1) is 22.0. The zero-order chi connectivity index (χ0) is 22.9. The van der Waals surface area contributed by atoms with Gasteiger partial charge in [0, 0.05) is 36.7 Å². The van der Waals surface area contributed by atoms with Gasteiger partial charge >= 0.3 is 0 Å². The summed E-state index contributed by atoms with van der Waals surface area (Å²) in [5.74, 6) is 1.65. The van der Waals surface area contributed by atoms with Gasteiger partial charge in [0.2, 0.25) is 0 Å². The molecular formula is C27H33N3O3. The van der Waals surface area contributed by atoms with Crippen LogP contribution in [-0.2, 0) is 11.2 Å². The van der Waals surface area contributed by atoms with E-state index >= 15 is 0 Å². The van der Waals surface area contributed by atoms with Gasteiger partial charge in [-0.25, -0.2) is 0 Å². The fourth-order valence-electron chi connectivity index (χ4n) is 5.27. The van der Waals surface area contributed by atoms with Gasteiger partial charge in [0.25, 0.3) is 11.8 Å². The summed E-state index contributed by atoms with van der Waals surface area (Å²) in [6.45, 7) is 8.05. The van der Waals surface area contributed by atoms with E-state index in [-0.39, 0.29) is 17.9 Å². The van der Waals surface area contributed by atoms with Crippen molar-refractivity contribution in [3.8, 4) is 16.9 Å². The van der Waals surface area contributed by atoms with E-state index in [1.54, 1.807) is 0 Å². The third-order valence-corrected chi connectivity index (χ3v) is 7.14. The fourth-order valence-corrected chi connectivity index (χ4v) is 5.27. The van der Waals surface area contributed by atoms with E-state index in [4.69, 9.17) is 4.74 Å². The van der Waals surface area contributed by atoms with Crippen molar-refractivity contribution in [2.45, 2.75) is 45.3 Å². The highest BCUT2D eigenvalue weighted by Gasteiger charge is 2.38. The van der Waals surface area contributed by atoms with Crippen LogP contribution < -0.4 is 15.4 Å². The van der Waals surface area contributed by atoms with Gasteiger partial charge in [-0.3, -0.25) is 9.59 Å². The molecule has 0 aromatic heterocycles. The average molecular weight is 448 g/mol. The van der Waals surface area contributed by atoms with Crippen LogP contribution in [0.5, 0.6) is 5.75 Å². The van der Waals surface area contributed by atoms with Crippen LogP contribution >= 0.6 is 0 Å². The molecule has 0 spiro atoms. The smallest absolute Gasteiger partial charge is 0.261 e. The number of ether oxygens (including phenoxy) is 1. The second kappa shape index (κ2) is 9.18.